The van der Waals surface area contributed by atoms with E-state index in [2.05, 4.69) is 51.8 Å². The average Bonchev–Trinajstić information content (AvgIpc) is 3.22. The van der Waals surface area contributed by atoms with Gasteiger partial charge in [0.15, 0.2) is 0 Å². The topological polar surface area (TPSA) is 60.2 Å². The monoisotopic (exact) mass is 467 g/mol. The molecule has 0 saturated carbocycles. The van der Waals surface area contributed by atoms with Gasteiger partial charge in [0, 0.05) is 34.5 Å². The molecule has 3 aromatic heterocycles. The van der Waals surface area contributed by atoms with E-state index >= 15 is 0 Å². The molecule has 0 radical (unpaired) electrons. The molecular weight excluding hydrogens is 446 g/mol. The lowest BCUT2D eigenvalue weighted by Gasteiger charge is -2.10. The number of ether oxygens (including phenoxy) is 1. The van der Waals surface area contributed by atoms with Crippen LogP contribution in [0.15, 0.2) is 103 Å². The number of aromatic nitrogens is 3. The van der Waals surface area contributed by atoms with Crippen LogP contribution in [0.5, 0.6) is 17.4 Å². The Morgan fingerprint density at radius 1 is 0.722 bits per heavy atom. The van der Waals surface area contributed by atoms with Gasteiger partial charge in [-0.25, -0.2) is 9.97 Å². The zero-order valence-electron chi connectivity index (χ0n) is 19.5. The molecule has 0 fully saturated rings. The van der Waals surface area contributed by atoms with Crippen molar-refractivity contribution < 1.29 is 9.84 Å². The van der Waals surface area contributed by atoms with Crippen LogP contribution in [0.1, 0.15) is 5.56 Å². The molecule has 7 aromatic rings. The summed E-state index contributed by atoms with van der Waals surface area (Å²) in [4.78, 5) is 9.29. The van der Waals surface area contributed by atoms with Crippen LogP contribution in [0.3, 0.4) is 0 Å². The van der Waals surface area contributed by atoms with E-state index in [9.17, 15) is 5.11 Å². The number of benzene rings is 4. The van der Waals surface area contributed by atoms with Crippen molar-refractivity contribution in [2.24, 2.45) is 0 Å². The highest BCUT2D eigenvalue weighted by atomic mass is 16.5. The summed E-state index contributed by atoms with van der Waals surface area (Å²) in [6.45, 7) is 2.07. The molecule has 0 amide bonds. The molecule has 7 rings (SSSR count). The predicted molar refractivity (Wildman–Crippen MR) is 144 cm³/mol. The summed E-state index contributed by atoms with van der Waals surface area (Å²) in [6.07, 6.45) is 1.83. The number of rotatable bonds is 3. The van der Waals surface area contributed by atoms with Crippen LogP contribution >= 0.6 is 0 Å². The minimum Gasteiger partial charge on any atom is -0.506 e. The molecule has 0 bridgehead atoms. The normalized spacial score (nSPS) is 11.6. The summed E-state index contributed by atoms with van der Waals surface area (Å²) in [5, 5.41) is 15.8. The molecule has 0 aliphatic rings. The van der Waals surface area contributed by atoms with Crippen molar-refractivity contribution in [3.05, 3.63) is 109 Å². The number of phenolic OH excluding ortho intramolecular Hbond substituents is 1. The van der Waals surface area contributed by atoms with Gasteiger partial charge in [-0.3, -0.25) is 4.57 Å². The summed E-state index contributed by atoms with van der Waals surface area (Å²) < 4.78 is 8.38. The molecule has 0 unspecified atom stereocenters. The van der Waals surface area contributed by atoms with Gasteiger partial charge < -0.3 is 9.84 Å². The molecule has 5 nitrogen and oxygen atoms in total. The lowest BCUT2D eigenvalue weighted by atomic mass is 10.0. The van der Waals surface area contributed by atoms with Crippen molar-refractivity contribution in [2.45, 2.75) is 6.92 Å². The maximum Gasteiger partial charge on any atom is 0.219 e. The Hall–Kier alpha value is -4.90. The second kappa shape index (κ2) is 7.82. The maximum atomic E-state index is 10.6. The highest BCUT2D eigenvalue weighted by molar-refractivity contribution is 6.10. The predicted octanol–water partition coefficient (Wildman–Crippen LogP) is 7.69. The number of hydrogen-bond donors (Lipinski definition) is 1. The molecule has 36 heavy (non-hydrogen) atoms. The molecule has 0 spiro atoms. The molecule has 0 atom stereocenters. The first-order chi connectivity index (χ1) is 17.7. The molecule has 5 heteroatoms. The van der Waals surface area contributed by atoms with Gasteiger partial charge in [0.2, 0.25) is 5.88 Å². The third-order valence-corrected chi connectivity index (χ3v) is 6.65. The molecular formula is C31H21N3O2. The summed E-state index contributed by atoms with van der Waals surface area (Å²) >= 11 is 0. The van der Waals surface area contributed by atoms with E-state index in [1.165, 1.54) is 0 Å². The van der Waals surface area contributed by atoms with E-state index in [1.807, 2.05) is 66.9 Å². The van der Waals surface area contributed by atoms with Gasteiger partial charge in [0.1, 0.15) is 22.8 Å². The Labute approximate surface area is 206 Å². The summed E-state index contributed by atoms with van der Waals surface area (Å²) in [5.74, 6) is 2.07. The first-order valence-corrected chi connectivity index (χ1v) is 11.8. The molecule has 3 heterocycles. The third kappa shape index (κ3) is 3.17. The fraction of sp³-hybridized carbons (Fsp3) is 0.0323. The van der Waals surface area contributed by atoms with Crippen LogP contribution < -0.4 is 4.74 Å². The lowest BCUT2D eigenvalue weighted by Crippen LogP contribution is -1.97. The van der Waals surface area contributed by atoms with Crippen LogP contribution in [0.4, 0.5) is 0 Å². The Bertz CT molecular complexity index is 1960. The van der Waals surface area contributed by atoms with Crippen LogP contribution in [0.25, 0.3) is 49.3 Å². The second-order valence-electron chi connectivity index (χ2n) is 8.99. The second-order valence-corrected chi connectivity index (χ2v) is 8.99. The molecule has 4 aromatic carbocycles. The molecule has 0 saturated heterocycles. The number of fused-ring (bicyclic) bond motifs is 6. The Balaban J connectivity index is 1.37. The summed E-state index contributed by atoms with van der Waals surface area (Å²) in [5.41, 5.74) is 3.75. The zero-order valence-corrected chi connectivity index (χ0v) is 19.5. The maximum absolute atomic E-state index is 10.6. The van der Waals surface area contributed by atoms with Crippen LogP contribution in [-0.4, -0.2) is 19.6 Å². The van der Waals surface area contributed by atoms with E-state index in [0.717, 1.165) is 49.3 Å². The summed E-state index contributed by atoms with van der Waals surface area (Å²) in [7, 11) is 0. The SMILES string of the molecule is Cc1ccnc(-n2c3ccccc3c3ccc(Oc4ccc5c(n4)c(O)cc4ccccc45)cc32)c1. The Morgan fingerprint density at radius 3 is 2.39 bits per heavy atom. The summed E-state index contributed by atoms with van der Waals surface area (Å²) in [6, 6.07) is 32.0. The van der Waals surface area contributed by atoms with Gasteiger partial charge in [-0.1, -0.05) is 42.5 Å². The van der Waals surface area contributed by atoms with E-state index in [0.29, 0.717) is 17.1 Å². The number of aryl methyl sites for hydroxylation is 1. The number of hydrogen-bond acceptors (Lipinski definition) is 4. The number of aromatic hydroxyl groups is 1. The van der Waals surface area contributed by atoms with E-state index in [4.69, 9.17) is 4.74 Å². The van der Waals surface area contributed by atoms with Gasteiger partial charge in [0.25, 0.3) is 0 Å². The highest BCUT2D eigenvalue weighted by Crippen LogP contribution is 2.36. The Morgan fingerprint density at radius 2 is 1.50 bits per heavy atom. The van der Waals surface area contributed by atoms with Gasteiger partial charge in [0.05, 0.1) is 11.0 Å². The quantitative estimate of drug-likeness (QED) is 0.271. The van der Waals surface area contributed by atoms with Crippen LogP contribution in [0.2, 0.25) is 0 Å². The Kier molecular flexibility index (Phi) is 4.45. The third-order valence-electron chi connectivity index (χ3n) is 6.65. The van der Waals surface area contributed by atoms with E-state index < -0.39 is 0 Å². The molecule has 0 aliphatic heterocycles. The minimum atomic E-state index is 0.134. The van der Waals surface area contributed by atoms with Crippen molar-refractivity contribution in [1.82, 2.24) is 14.5 Å². The zero-order chi connectivity index (χ0) is 24.2. The van der Waals surface area contributed by atoms with E-state index in [1.54, 1.807) is 6.07 Å². The smallest absolute Gasteiger partial charge is 0.219 e. The molecule has 172 valence electrons. The first-order valence-electron chi connectivity index (χ1n) is 11.8. The molecule has 0 aliphatic carbocycles. The largest absolute Gasteiger partial charge is 0.506 e. The molecule has 1 N–H and O–H groups in total. The van der Waals surface area contributed by atoms with Gasteiger partial charge in [-0.2, -0.15) is 0 Å². The van der Waals surface area contributed by atoms with Crippen molar-refractivity contribution in [1.29, 1.82) is 0 Å². The fourth-order valence-corrected chi connectivity index (χ4v) is 5.02. The van der Waals surface area contributed by atoms with Crippen LogP contribution in [0, 0.1) is 6.92 Å². The van der Waals surface area contributed by atoms with Gasteiger partial charge in [-0.15, -0.1) is 0 Å². The van der Waals surface area contributed by atoms with Crippen molar-refractivity contribution in [3.63, 3.8) is 0 Å². The number of pyridine rings is 2. The number of para-hydroxylation sites is 1. The van der Waals surface area contributed by atoms with Gasteiger partial charge >= 0.3 is 0 Å². The average molecular weight is 468 g/mol. The van der Waals surface area contributed by atoms with Crippen LogP contribution in [-0.2, 0) is 0 Å². The van der Waals surface area contributed by atoms with Crippen molar-refractivity contribution in [2.75, 3.05) is 0 Å². The fourth-order valence-electron chi connectivity index (χ4n) is 5.02. The number of nitrogens with zero attached hydrogens (tertiary/aromatic N) is 3. The standard InChI is InChI=1S/C31H21N3O2/c1-19-14-15-32-29(16-19)34-26-9-5-4-8-23(26)24-11-10-21(18-27(24)34)36-30-13-12-25-22-7-3-2-6-20(22)17-28(35)31(25)33-30/h2-18,35H,1H3. The first kappa shape index (κ1) is 20.5. The van der Waals surface area contributed by atoms with Crippen molar-refractivity contribution in [3.8, 4) is 23.2 Å². The van der Waals surface area contributed by atoms with Crippen molar-refractivity contribution >= 4 is 43.5 Å². The highest BCUT2D eigenvalue weighted by Gasteiger charge is 2.15. The van der Waals surface area contributed by atoms with Gasteiger partial charge in [-0.05, 0) is 65.7 Å². The van der Waals surface area contributed by atoms with E-state index in [-0.39, 0.29) is 5.75 Å². The number of phenols is 1. The minimum absolute atomic E-state index is 0.134. The lowest BCUT2D eigenvalue weighted by molar-refractivity contribution is 0.460.